The fraction of sp³-hybridized carbons (Fsp3) is 0.611. The first-order valence-electron chi connectivity index (χ1n) is 8.37. The molecule has 1 aromatic rings. The molecule has 24 heavy (non-hydrogen) atoms. The van der Waals surface area contributed by atoms with Gasteiger partial charge in [0.1, 0.15) is 5.54 Å². The molecule has 4 nitrogen and oxygen atoms in total. The van der Waals surface area contributed by atoms with Gasteiger partial charge in [0.15, 0.2) is 0 Å². The van der Waals surface area contributed by atoms with Gasteiger partial charge in [0, 0.05) is 6.54 Å². The number of halogens is 2. The van der Waals surface area contributed by atoms with Crippen LogP contribution in [-0.4, -0.2) is 37.0 Å². The Bertz CT molecular complexity index is 435. The van der Waals surface area contributed by atoms with Crippen molar-refractivity contribution in [2.24, 2.45) is 5.73 Å². The third kappa shape index (κ3) is 8.34. The van der Waals surface area contributed by atoms with Gasteiger partial charge in [-0.15, -0.1) is 24.8 Å². The Labute approximate surface area is 159 Å². The van der Waals surface area contributed by atoms with Gasteiger partial charge in [-0.05, 0) is 51.4 Å². The van der Waals surface area contributed by atoms with Gasteiger partial charge < -0.3 is 16.0 Å². The number of carbonyl (C=O) groups excluding carboxylic acids is 1. The Balaban J connectivity index is 0. The van der Waals surface area contributed by atoms with Crippen LogP contribution in [0.2, 0.25) is 0 Å². The van der Waals surface area contributed by atoms with E-state index in [1.807, 2.05) is 30.3 Å². The summed E-state index contributed by atoms with van der Waals surface area (Å²) in [6.07, 6.45) is 3.29. The van der Waals surface area contributed by atoms with E-state index in [2.05, 4.69) is 24.1 Å². The van der Waals surface area contributed by atoms with Crippen molar-refractivity contribution in [1.29, 1.82) is 0 Å². The van der Waals surface area contributed by atoms with Crippen LogP contribution in [0, 0.1) is 0 Å². The number of nitrogens with zero attached hydrogens (tertiary/aromatic N) is 1. The van der Waals surface area contributed by atoms with Crippen molar-refractivity contribution in [3.63, 3.8) is 0 Å². The molecule has 1 rings (SSSR count). The SMILES string of the molecule is CCCN(CCC)CCCNC(=O)C(C)(N)c1ccccc1.Cl.Cl. The minimum atomic E-state index is -0.978. The molecular formula is C18H33Cl2N3O. The minimum absolute atomic E-state index is 0. The standard InChI is InChI=1S/C18H31N3O.2ClH/c1-4-13-21(14-5-2)15-9-12-20-17(22)18(3,19)16-10-7-6-8-11-16;;/h6-8,10-11H,4-5,9,12-15,19H2,1-3H3,(H,20,22);2*1H. The monoisotopic (exact) mass is 377 g/mol. The van der Waals surface area contributed by atoms with E-state index in [-0.39, 0.29) is 30.7 Å². The second kappa shape index (κ2) is 13.5. The van der Waals surface area contributed by atoms with Gasteiger partial charge >= 0.3 is 0 Å². The number of nitrogens with two attached hydrogens (primary N) is 1. The average Bonchev–Trinajstić information content (AvgIpc) is 2.52. The fourth-order valence-electron chi connectivity index (χ4n) is 2.57. The van der Waals surface area contributed by atoms with Crippen molar-refractivity contribution >= 4 is 30.7 Å². The molecule has 0 fully saturated rings. The number of carbonyl (C=O) groups is 1. The van der Waals surface area contributed by atoms with Gasteiger partial charge in [0.05, 0.1) is 0 Å². The lowest BCUT2D eigenvalue weighted by Crippen LogP contribution is -2.49. The van der Waals surface area contributed by atoms with Crippen molar-refractivity contribution in [2.75, 3.05) is 26.2 Å². The predicted octanol–water partition coefficient (Wildman–Crippen LogP) is 3.33. The number of rotatable bonds is 10. The number of benzene rings is 1. The molecular weight excluding hydrogens is 345 g/mol. The summed E-state index contributed by atoms with van der Waals surface area (Å²) in [5.41, 5.74) is 6.06. The number of hydrogen-bond donors (Lipinski definition) is 2. The number of hydrogen-bond acceptors (Lipinski definition) is 3. The number of amides is 1. The zero-order valence-corrected chi connectivity index (χ0v) is 16.7. The summed E-state index contributed by atoms with van der Waals surface area (Å²) in [6, 6.07) is 9.52. The van der Waals surface area contributed by atoms with Crippen LogP contribution in [0.15, 0.2) is 30.3 Å². The van der Waals surface area contributed by atoms with E-state index in [9.17, 15) is 4.79 Å². The van der Waals surface area contributed by atoms with Crippen LogP contribution in [0.5, 0.6) is 0 Å². The summed E-state index contributed by atoms with van der Waals surface area (Å²) < 4.78 is 0. The van der Waals surface area contributed by atoms with Gasteiger partial charge in [-0.3, -0.25) is 4.79 Å². The van der Waals surface area contributed by atoms with Crippen molar-refractivity contribution in [3.8, 4) is 0 Å². The molecule has 0 spiro atoms. The van der Waals surface area contributed by atoms with E-state index in [0.29, 0.717) is 6.54 Å². The molecule has 140 valence electrons. The Morgan fingerprint density at radius 3 is 2.12 bits per heavy atom. The van der Waals surface area contributed by atoms with Crippen molar-refractivity contribution in [2.45, 2.75) is 45.6 Å². The maximum Gasteiger partial charge on any atom is 0.244 e. The highest BCUT2D eigenvalue weighted by Gasteiger charge is 2.29. The molecule has 0 aliphatic heterocycles. The van der Waals surface area contributed by atoms with Gasteiger partial charge in [-0.1, -0.05) is 44.2 Å². The lowest BCUT2D eigenvalue weighted by atomic mass is 9.92. The highest BCUT2D eigenvalue weighted by atomic mass is 35.5. The van der Waals surface area contributed by atoms with E-state index >= 15 is 0 Å². The molecule has 0 aromatic heterocycles. The van der Waals surface area contributed by atoms with E-state index in [1.54, 1.807) is 6.92 Å². The molecule has 6 heteroatoms. The Morgan fingerprint density at radius 2 is 1.62 bits per heavy atom. The summed E-state index contributed by atoms with van der Waals surface area (Å²) >= 11 is 0. The van der Waals surface area contributed by atoms with Crippen LogP contribution in [0.25, 0.3) is 0 Å². The second-order valence-electron chi connectivity index (χ2n) is 6.02. The topological polar surface area (TPSA) is 58.4 Å². The molecule has 1 amide bonds. The quantitative estimate of drug-likeness (QED) is 0.614. The zero-order valence-electron chi connectivity index (χ0n) is 15.1. The van der Waals surface area contributed by atoms with Crippen LogP contribution < -0.4 is 11.1 Å². The second-order valence-corrected chi connectivity index (χ2v) is 6.02. The summed E-state index contributed by atoms with van der Waals surface area (Å²) in [5, 5.41) is 2.97. The fourth-order valence-corrected chi connectivity index (χ4v) is 2.57. The summed E-state index contributed by atoms with van der Waals surface area (Å²) in [4.78, 5) is 14.8. The maximum absolute atomic E-state index is 12.3. The highest BCUT2D eigenvalue weighted by Crippen LogP contribution is 2.17. The van der Waals surface area contributed by atoms with E-state index in [4.69, 9.17) is 5.73 Å². The van der Waals surface area contributed by atoms with E-state index < -0.39 is 5.54 Å². The zero-order chi connectivity index (χ0) is 16.4. The van der Waals surface area contributed by atoms with Gasteiger partial charge in [0.25, 0.3) is 0 Å². The molecule has 0 aliphatic rings. The molecule has 0 saturated heterocycles. The van der Waals surface area contributed by atoms with Crippen LogP contribution >= 0.6 is 24.8 Å². The lowest BCUT2D eigenvalue weighted by molar-refractivity contribution is -0.126. The molecule has 1 atom stereocenters. The van der Waals surface area contributed by atoms with E-state index in [0.717, 1.165) is 31.6 Å². The van der Waals surface area contributed by atoms with Crippen molar-refractivity contribution in [3.05, 3.63) is 35.9 Å². The minimum Gasteiger partial charge on any atom is -0.354 e. The van der Waals surface area contributed by atoms with Crippen LogP contribution in [0.3, 0.4) is 0 Å². The lowest BCUT2D eigenvalue weighted by Gasteiger charge is -2.25. The molecule has 3 N–H and O–H groups in total. The Kier molecular flexibility index (Phi) is 14.3. The summed E-state index contributed by atoms with van der Waals surface area (Å²) in [7, 11) is 0. The molecule has 0 aliphatic carbocycles. The molecule has 0 saturated carbocycles. The van der Waals surface area contributed by atoms with Crippen LogP contribution in [0.1, 0.15) is 45.6 Å². The molecule has 1 unspecified atom stereocenters. The first-order chi connectivity index (χ1) is 10.5. The van der Waals surface area contributed by atoms with Crippen molar-refractivity contribution in [1.82, 2.24) is 10.2 Å². The molecule has 1 aromatic carbocycles. The number of nitrogens with one attached hydrogen (secondary N) is 1. The van der Waals surface area contributed by atoms with Gasteiger partial charge in [-0.2, -0.15) is 0 Å². The molecule has 0 bridgehead atoms. The summed E-state index contributed by atoms with van der Waals surface area (Å²) in [5.74, 6) is -0.115. The molecule has 0 heterocycles. The summed E-state index contributed by atoms with van der Waals surface area (Å²) in [6.45, 7) is 10.1. The maximum atomic E-state index is 12.3. The average molecular weight is 378 g/mol. The van der Waals surface area contributed by atoms with Crippen molar-refractivity contribution < 1.29 is 4.79 Å². The third-order valence-corrected chi connectivity index (χ3v) is 3.86. The normalized spacial score (nSPS) is 12.7. The smallest absolute Gasteiger partial charge is 0.244 e. The van der Waals surface area contributed by atoms with Crippen LogP contribution in [-0.2, 0) is 10.3 Å². The molecule has 0 radical (unpaired) electrons. The van der Waals surface area contributed by atoms with Gasteiger partial charge in [-0.25, -0.2) is 0 Å². The Hall–Kier alpha value is -0.810. The van der Waals surface area contributed by atoms with Gasteiger partial charge in [0.2, 0.25) is 5.91 Å². The highest BCUT2D eigenvalue weighted by molar-refractivity contribution is 5.87. The predicted molar refractivity (Wildman–Crippen MR) is 107 cm³/mol. The largest absolute Gasteiger partial charge is 0.354 e. The first-order valence-corrected chi connectivity index (χ1v) is 8.37. The third-order valence-electron chi connectivity index (χ3n) is 3.86. The first kappa shape index (κ1) is 25.4. The van der Waals surface area contributed by atoms with E-state index in [1.165, 1.54) is 12.8 Å². The Morgan fingerprint density at radius 1 is 1.08 bits per heavy atom. The van der Waals surface area contributed by atoms with Crippen LogP contribution in [0.4, 0.5) is 0 Å².